The molecule has 0 amide bonds. The highest BCUT2D eigenvalue weighted by Gasteiger charge is 2.16. The summed E-state index contributed by atoms with van der Waals surface area (Å²) in [7, 11) is 0. The van der Waals surface area contributed by atoms with Gasteiger partial charge in [-0.15, -0.1) is 11.3 Å². The van der Waals surface area contributed by atoms with Crippen molar-refractivity contribution in [3.05, 3.63) is 19.2 Å². The molecule has 0 aliphatic rings. The number of hydrogen-bond donors (Lipinski definition) is 1. The van der Waals surface area contributed by atoms with Gasteiger partial charge in [0.2, 0.25) is 0 Å². The van der Waals surface area contributed by atoms with Crippen LogP contribution >= 0.6 is 43.2 Å². The van der Waals surface area contributed by atoms with Crippen molar-refractivity contribution < 1.29 is 0 Å². The standard InChI is InChI=1S/C10H15Br2NS/c1-10(2,6-13)4-3-7-5-8(11)9(12)14-7/h5H,3-4,6,13H2,1-2H3. The Bertz CT molecular complexity index is 288. The van der Waals surface area contributed by atoms with E-state index in [4.69, 9.17) is 5.73 Å². The maximum Gasteiger partial charge on any atom is 0.0843 e. The van der Waals surface area contributed by atoms with E-state index < -0.39 is 0 Å². The third kappa shape index (κ3) is 3.65. The summed E-state index contributed by atoms with van der Waals surface area (Å²) in [6.45, 7) is 5.18. The zero-order valence-electron chi connectivity index (χ0n) is 8.44. The lowest BCUT2D eigenvalue weighted by atomic mass is 9.88. The average molecular weight is 341 g/mol. The van der Waals surface area contributed by atoms with E-state index in [0.29, 0.717) is 0 Å². The molecular formula is C10H15Br2NS. The molecule has 2 N–H and O–H groups in total. The van der Waals surface area contributed by atoms with Crippen LogP contribution in [0.1, 0.15) is 25.1 Å². The van der Waals surface area contributed by atoms with Gasteiger partial charge in [0.1, 0.15) is 0 Å². The fourth-order valence-corrected chi connectivity index (χ4v) is 3.25. The largest absolute Gasteiger partial charge is 0.330 e. The molecule has 0 atom stereocenters. The second kappa shape index (κ2) is 5.10. The van der Waals surface area contributed by atoms with Crippen LogP contribution in [0.4, 0.5) is 0 Å². The molecule has 0 aliphatic heterocycles. The summed E-state index contributed by atoms with van der Waals surface area (Å²) in [6, 6.07) is 2.18. The van der Waals surface area contributed by atoms with Crippen LogP contribution < -0.4 is 5.73 Å². The second-order valence-corrected chi connectivity index (χ2v) is 7.51. The highest BCUT2D eigenvalue weighted by molar-refractivity contribution is 9.13. The lowest BCUT2D eigenvalue weighted by molar-refractivity contribution is 0.349. The molecular weight excluding hydrogens is 326 g/mol. The third-order valence-corrected chi connectivity index (χ3v) is 5.61. The van der Waals surface area contributed by atoms with E-state index in [1.807, 2.05) is 0 Å². The Morgan fingerprint density at radius 1 is 1.43 bits per heavy atom. The molecule has 1 aromatic rings. The molecule has 0 radical (unpaired) electrons. The van der Waals surface area contributed by atoms with Crippen molar-refractivity contribution in [1.29, 1.82) is 0 Å². The topological polar surface area (TPSA) is 26.0 Å². The zero-order valence-corrected chi connectivity index (χ0v) is 12.4. The lowest BCUT2D eigenvalue weighted by Crippen LogP contribution is -2.23. The average Bonchev–Trinajstić information content (AvgIpc) is 2.44. The minimum Gasteiger partial charge on any atom is -0.330 e. The van der Waals surface area contributed by atoms with Gasteiger partial charge < -0.3 is 5.73 Å². The molecule has 0 unspecified atom stereocenters. The van der Waals surface area contributed by atoms with Crippen LogP contribution in [-0.4, -0.2) is 6.54 Å². The highest BCUT2D eigenvalue weighted by atomic mass is 79.9. The van der Waals surface area contributed by atoms with E-state index in [0.717, 1.165) is 23.9 Å². The van der Waals surface area contributed by atoms with Crippen molar-refractivity contribution in [2.24, 2.45) is 11.1 Å². The molecule has 14 heavy (non-hydrogen) atoms. The number of halogens is 2. The molecule has 0 saturated carbocycles. The van der Waals surface area contributed by atoms with E-state index in [2.05, 4.69) is 51.8 Å². The summed E-state index contributed by atoms with van der Waals surface area (Å²) >= 11 is 8.79. The Labute approximate surface area is 106 Å². The van der Waals surface area contributed by atoms with Crippen LogP contribution in [0.2, 0.25) is 0 Å². The van der Waals surface area contributed by atoms with Gasteiger partial charge in [-0.2, -0.15) is 0 Å². The molecule has 1 heterocycles. The van der Waals surface area contributed by atoms with Gasteiger partial charge in [0, 0.05) is 9.35 Å². The first-order valence-electron chi connectivity index (χ1n) is 4.58. The van der Waals surface area contributed by atoms with E-state index >= 15 is 0 Å². The Morgan fingerprint density at radius 3 is 2.50 bits per heavy atom. The van der Waals surface area contributed by atoms with Gasteiger partial charge in [-0.3, -0.25) is 0 Å². The van der Waals surface area contributed by atoms with Crippen molar-refractivity contribution in [2.75, 3.05) is 6.54 Å². The summed E-state index contributed by atoms with van der Waals surface area (Å²) in [6.07, 6.45) is 2.25. The summed E-state index contributed by atoms with van der Waals surface area (Å²) in [5, 5.41) is 0. The third-order valence-electron chi connectivity index (χ3n) is 2.30. The first-order valence-corrected chi connectivity index (χ1v) is 6.98. The lowest BCUT2D eigenvalue weighted by Gasteiger charge is -2.21. The first kappa shape index (κ1) is 12.7. The predicted molar refractivity (Wildman–Crippen MR) is 70.9 cm³/mol. The van der Waals surface area contributed by atoms with Crippen LogP contribution in [0, 0.1) is 5.41 Å². The normalized spacial score (nSPS) is 12.1. The number of nitrogens with two attached hydrogens (primary N) is 1. The van der Waals surface area contributed by atoms with E-state index in [1.54, 1.807) is 11.3 Å². The highest BCUT2D eigenvalue weighted by Crippen LogP contribution is 2.34. The molecule has 1 rings (SSSR count). The molecule has 1 aromatic heterocycles. The summed E-state index contributed by atoms with van der Waals surface area (Å²) in [5.74, 6) is 0. The van der Waals surface area contributed by atoms with Gasteiger partial charge in [-0.1, -0.05) is 13.8 Å². The van der Waals surface area contributed by atoms with Crippen molar-refractivity contribution in [1.82, 2.24) is 0 Å². The predicted octanol–water partition coefficient (Wildman–Crippen LogP) is 4.19. The molecule has 0 aliphatic carbocycles. The van der Waals surface area contributed by atoms with Crippen LogP contribution in [0.15, 0.2) is 14.3 Å². The fraction of sp³-hybridized carbons (Fsp3) is 0.600. The maximum absolute atomic E-state index is 5.69. The Balaban J connectivity index is 2.54. The quantitative estimate of drug-likeness (QED) is 0.873. The molecule has 1 nitrogen and oxygen atoms in total. The van der Waals surface area contributed by atoms with Gasteiger partial charge in [0.25, 0.3) is 0 Å². The van der Waals surface area contributed by atoms with Crippen molar-refractivity contribution >= 4 is 43.2 Å². The molecule has 0 bridgehead atoms. The van der Waals surface area contributed by atoms with Gasteiger partial charge in [-0.05, 0) is 62.7 Å². The van der Waals surface area contributed by atoms with Crippen molar-refractivity contribution in [3.8, 4) is 0 Å². The van der Waals surface area contributed by atoms with Crippen LogP contribution in [0.3, 0.4) is 0 Å². The summed E-state index contributed by atoms with van der Waals surface area (Å²) < 4.78 is 2.33. The SMILES string of the molecule is CC(C)(CN)CCc1cc(Br)c(Br)s1. The molecule has 4 heteroatoms. The summed E-state index contributed by atoms with van der Waals surface area (Å²) in [5.41, 5.74) is 5.94. The monoisotopic (exact) mass is 339 g/mol. The minimum absolute atomic E-state index is 0.253. The van der Waals surface area contributed by atoms with Gasteiger partial charge >= 0.3 is 0 Å². The van der Waals surface area contributed by atoms with Crippen LogP contribution in [-0.2, 0) is 6.42 Å². The number of thiophene rings is 1. The van der Waals surface area contributed by atoms with Gasteiger partial charge in [0.15, 0.2) is 0 Å². The smallest absolute Gasteiger partial charge is 0.0843 e. The Hall–Kier alpha value is 0.620. The van der Waals surface area contributed by atoms with Crippen LogP contribution in [0.25, 0.3) is 0 Å². The van der Waals surface area contributed by atoms with E-state index in [1.165, 1.54) is 8.66 Å². The molecule has 0 aromatic carbocycles. The molecule has 80 valence electrons. The van der Waals surface area contributed by atoms with Crippen molar-refractivity contribution in [2.45, 2.75) is 26.7 Å². The molecule has 0 fully saturated rings. The minimum atomic E-state index is 0.253. The Morgan fingerprint density at radius 2 is 2.07 bits per heavy atom. The Kier molecular flexibility index (Phi) is 4.62. The zero-order chi connectivity index (χ0) is 10.8. The van der Waals surface area contributed by atoms with Crippen LogP contribution in [0.5, 0.6) is 0 Å². The van der Waals surface area contributed by atoms with Gasteiger partial charge in [-0.25, -0.2) is 0 Å². The fourth-order valence-electron chi connectivity index (χ4n) is 1.08. The second-order valence-electron chi connectivity index (χ2n) is 4.20. The van der Waals surface area contributed by atoms with Gasteiger partial charge in [0.05, 0.1) is 3.79 Å². The van der Waals surface area contributed by atoms with E-state index in [9.17, 15) is 0 Å². The molecule has 0 spiro atoms. The molecule has 0 saturated heterocycles. The number of hydrogen-bond acceptors (Lipinski definition) is 2. The summed E-state index contributed by atoms with van der Waals surface area (Å²) in [4.78, 5) is 1.41. The van der Waals surface area contributed by atoms with Crippen molar-refractivity contribution in [3.63, 3.8) is 0 Å². The number of aryl methyl sites for hydroxylation is 1. The maximum atomic E-state index is 5.69. The first-order chi connectivity index (χ1) is 6.44. The van der Waals surface area contributed by atoms with E-state index in [-0.39, 0.29) is 5.41 Å². The number of rotatable bonds is 4.